The van der Waals surface area contributed by atoms with Gasteiger partial charge in [-0.05, 0) is 57.8 Å². The molecule has 0 aliphatic carbocycles. The van der Waals surface area contributed by atoms with Gasteiger partial charge in [0.25, 0.3) is 0 Å². The summed E-state index contributed by atoms with van der Waals surface area (Å²) in [6, 6.07) is -0.728. The molecule has 54 heavy (non-hydrogen) atoms. The molecule has 0 rings (SSSR count). The molecule has 310 valence electrons. The number of carboxylic acids is 1. The Hall–Kier alpha value is -2.97. The molecular formula is C46H79NO7. The van der Waals surface area contributed by atoms with Gasteiger partial charge in [-0.2, -0.15) is 0 Å². The molecule has 0 aromatic rings. The Labute approximate surface area is 330 Å². The van der Waals surface area contributed by atoms with Crippen LogP contribution in [0.1, 0.15) is 162 Å². The predicted molar refractivity (Wildman–Crippen MR) is 222 cm³/mol. The second-order valence-corrected chi connectivity index (χ2v) is 15.2. The standard InChI is InChI=1S/C46H79NO7/c1-6-8-10-12-14-16-17-18-19-20-21-22-23-24-25-26-27-28-29-31-33-35-37-45(49)54-42(40-52-39-38-43(46(50)51)47(3,4)5)41-53-44(48)36-34-32-30-15-13-11-9-7-2/h8,10,14,16,18-19,21-22,24-25,42-43H,6-7,9,11-13,15,17,20,23,26-41H2,1-5H3/b10-8+,16-14+,19-18+,22-21+,25-24+. The summed E-state index contributed by atoms with van der Waals surface area (Å²) in [6.07, 6.45) is 43.9. The molecule has 0 aliphatic rings. The Morgan fingerprint density at radius 2 is 1.04 bits per heavy atom. The number of unbranched alkanes of at least 4 members (excludes halogenated alkanes) is 13. The van der Waals surface area contributed by atoms with Gasteiger partial charge in [-0.25, -0.2) is 0 Å². The van der Waals surface area contributed by atoms with Crippen LogP contribution in [0.25, 0.3) is 0 Å². The molecule has 0 aromatic carbocycles. The van der Waals surface area contributed by atoms with Crippen LogP contribution in [0, 0.1) is 0 Å². The third kappa shape index (κ3) is 34.8. The Balaban J connectivity index is 4.30. The minimum absolute atomic E-state index is 0.0333. The molecule has 0 radical (unpaired) electrons. The largest absolute Gasteiger partial charge is 0.544 e. The van der Waals surface area contributed by atoms with Gasteiger partial charge < -0.3 is 28.6 Å². The van der Waals surface area contributed by atoms with Gasteiger partial charge in [0, 0.05) is 19.3 Å². The van der Waals surface area contributed by atoms with E-state index in [9.17, 15) is 19.5 Å². The maximum atomic E-state index is 12.7. The lowest BCUT2D eigenvalue weighted by molar-refractivity contribution is -0.889. The summed E-state index contributed by atoms with van der Waals surface area (Å²) in [4.78, 5) is 36.7. The average molecular weight is 758 g/mol. The first kappa shape index (κ1) is 51.0. The van der Waals surface area contributed by atoms with Crippen molar-refractivity contribution in [3.8, 4) is 0 Å². The Morgan fingerprint density at radius 3 is 1.54 bits per heavy atom. The van der Waals surface area contributed by atoms with Gasteiger partial charge in [0.1, 0.15) is 12.6 Å². The lowest BCUT2D eigenvalue weighted by Gasteiger charge is -2.34. The molecule has 8 heteroatoms. The number of carbonyl (C=O) groups is 3. The lowest BCUT2D eigenvalue weighted by Crippen LogP contribution is -2.55. The van der Waals surface area contributed by atoms with Crippen LogP contribution in [0.5, 0.6) is 0 Å². The number of likely N-dealkylation sites (N-methyl/N-ethyl adjacent to an activating group) is 1. The fraction of sp³-hybridized carbons (Fsp3) is 0.717. The van der Waals surface area contributed by atoms with Crippen LogP contribution >= 0.6 is 0 Å². The summed E-state index contributed by atoms with van der Waals surface area (Å²) >= 11 is 0. The van der Waals surface area contributed by atoms with Crippen molar-refractivity contribution >= 4 is 17.9 Å². The number of aliphatic carboxylic acids is 1. The van der Waals surface area contributed by atoms with Crippen molar-refractivity contribution in [1.82, 2.24) is 0 Å². The Kier molecular flexibility index (Phi) is 34.9. The highest BCUT2D eigenvalue weighted by atomic mass is 16.6. The SMILES string of the molecule is CC/C=C/C/C=C/C/C=C/C/C=C/C/C=C/CCCCCCCCC(=O)OC(COCCC(C(=O)[O-])[N+](C)(C)C)COC(=O)CCCCCCCCCC. The molecule has 2 atom stereocenters. The van der Waals surface area contributed by atoms with Crippen molar-refractivity contribution in [2.75, 3.05) is 41.0 Å². The maximum Gasteiger partial charge on any atom is 0.306 e. The molecular weight excluding hydrogens is 679 g/mol. The number of carboxylic acid groups (broad SMARTS) is 1. The summed E-state index contributed by atoms with van der Waals surface area (Å²) in [5.41, 5.74) is 0. The van der Waals surface area contributed by atoms with Crippen molar-refractivity contribution in [2.24, 2.45) is 0 Å². The number of quaternary nitrogens is 1. The zero-order valence-electron chi connectivity index (χ0n) is 35.1. The number of hydrogen-bond donors (Lipinski definition) is 0. The third-order valence-electron chi connectivity index (χ3n) is 9.17. The molecule has 2 unspecified atom stereocenters. The third-order valence-corrected chi connectivity index (χ3v) is 9.17. The topological polar surface area (TPSA) is 102 Å². The van der Waals surface area contributed by atoms with Crippen molar-refractivity contribution in [2.45, 2.75) is 174 Å². The van der Waals surface area contributed by atoms with Crippen LogP contribution in [-0.4, -0.2) is 75.5 Å². The Bertz CT molecular complexity index is 1070. The normalized spacial score (nSPS) is 13.6. The summed E-state index contributed by atoms with van der Waals surface area (Å²) in [7, 11) is 5.39. The second kappa shape index (κ2) is 37.0. The van der Waals surface area contributed by atoms with E-state index in [0.717, 1.165) is 83.5 Å². The first-order valence-electron chi connectivity index (χ1n) is 21.3. The van der Waals surface area contributed by atoms with Crippen LogP contribution in [-0.2, 0) is 28.6 Å². The fourth-order valence-electron chi connectivity index (χ4n) is 5.86. The quantitative estimate of drug-likeness (QED) is 0.0269. The molecule has 0 amide bonds. The molecule has 0 heterocycles. The van der Waals surface area contributed by atoms with Gasteiger partial charge in [-0.1, -0.05) is 145 Å². The van der Waals surface area contributed by atoms with Crippen molar-refractivity contribution in [3.05, 3.63) is 60.8 Å². The number of nitrogens with zero attached hydrogens (tertiary/aromatic N) is 1. The molecule has 0 aromatic heterocycles. The van der Waals surface area contributed by atoms with Crippen LogP contribution in [0.4, 0.5) is 0 Å². The lowest BCUT2D eigenvalue weighted by atomic mass is 10.1. The molecule has 0 bridgehead atoms. The zero-order chi connectivity index (χ0) is 40.0. The molecule has 8 nitrogen and oxygen atoms in total. The average Bonchev–Trinajstić information content (AvgIpc) is 3.12. The highest BCUT2D eigenvalue weighted by Crippen LogP contribution is 2.13. The fourth-order valence-corrected chi connectivity index (χ4v) is 5.86. The molecule has 0 spiro atoms. The van der Waals surface area contributed by atoms with Gasteiger partial charge in [-0.3, -0.25) is 9.59 Å². The van der Waals surface area contributed by atoms with E-state index < -0.39 is 18.1 Å². The minimum Gasteiger partial charge on any atom is -0.544 e. The van der Waals surface area contributed by atoms with Gasteiger partial charge in [0.15, 0.2) is 6.10 Å². The van der Waals surface area contributed by atoms with E-state index in [1.54, 1.807) is 21.1 Å². The minimum atomic E-state index is -1.13. The van der Waals surface area contributed by atoms with Crippen LogP contribution < -0.4 is 5.11 Å². The summed E-state index contributed by atoms with van der Waals surface area (Å²) in [6.45, 7) is 4.49. The highest BCUT2D eigenvalue weighted by molar-refractivity contribution is 5.70. The molecule has 0 aliphatic heterocycles. The summed E-state index contributed by atoms with van der Waals surface area (Å²) in [5, 5.41) is 11.6. The van der Waals surface area contributed by atoms with Crippen LogP contribution in [0.2, 0.25) is 0 Å². The monoisotopic (exact) mass is 758 g/mol. The van der Waals surface area contributed by atoms with Crippen LogP contribution in [0.3, 0.4) is 0 Å². The number of hydrogen-bond acceptors (Lipinski definition) is 7. The van der Waals surface area contributed by atoms with E-state index in [0.29, 0.717) is 12.8 Å². The number of allylic oxidation sites excluding steroid dienone is 10. The summed E-state index contributed by atoms with van der Waals surface area (Å²) < 4.78 is 17.1. The molecule has 0 saturated heterocycles. The second-order valence-electron chi connectivity index (χ2n) is 15.2. The van der Waals surface area contributed by atoms with Gasteiger partial charge >= 0.3 is 11.9 Å². The van der Waals surface area contributed by atoms with Crippen molar-refractivity contribution < 1.29 is 38.2 Å². The van der Waals surface area contributed by atoms with Crippen molar-refractivity contribution in [1.29, 1.82) is 0 Å². The maximum absolute atomic E-state index is 12.7. The number of rotatable bonds is 37. The van der Waals surface area contributed by atoms with Gasteiger partial charge in [-0.15, -0.1) is 0 Å². The van der Waals surface area contributed by atoms with E-state index in [4.69, 9.17) is 14.2 Å². The Morgan fingerprint density at radius 1 is 0.574 bits per heavy atom. The van der Waals surface area contributed by atoms with E-state index >= 15 is 0 Å². The van der Waals surface area contributed by atoms with Crippen LogP contribution in [0.15, 0.2) is 60.8 Å². The predicted octanol–water partition coefficient (Wildman–Crippen LogP) is 10.1. The highest BCUT2D eigenvalue weighted by Gasteiger charge is 2.25. The van der Waals surface area contributed by atoms with Gasteiger partial charge in [0.05, 0.1) is 40.3 Å². The van der Waals surface area contributed by atoms with Crippen molar-refractivity contribution in [3.63, 3.8) is 0 Å². The zero-order valence-corrected chi connectivity index (χ0v) is 35.1. The first-order chi connectivity index (χ1) is 26.1. The van der Waals surface area contributed by atoms with E-state index in [-0.39, 0.29) is 42.7 Å². The molecule has 0 fully saturated rings. The summed E-state index contributed by atoms with van der Waals surface area (Å²) in [5.74, 6) is -1.76. The molecule has 0 saturated carbocycles. The molecule has 0 N–H and O–H groups in total. The van der Waals surface area contributed by atoms with E-state index in [1.165, 1.54) is 44.9 Å². The smallest absolute Gasteiger partial charge is 0.306 e. The first-order valence-corrected chi connectivity index (χ1v) is 21.3. The van der Waals surface area contributed by atoms with E-state index in [1.807, 2.05) is 0 Å². The van der Waals surface area contributed by atoms with E-state index in [2.05, 4.69) is 74.6 Å². The van der Waals surface area contributed by atoms with Gasteiger partial charge in [0.2, 0.25) is 0 Å². The number of ether oxygens (including phenoxy) is 3. The number of carbonyl (C=O) groups excluding carboxylic acids is 3. The number of esters is 2.